The molecule has 0 saturated carbocycles. The Hall–Kier alpha value is 0.270. The van der Waals surface area contributed by atoms with Crippen LogP contribution in [0.4, 0.5) is 0 Å². The van der Waals surface area contributed by atoms with Crippen molar-refractivity contribution in [2.24, 2.45) is 5.41 Å². The molecule has 0 aromatic rings. The molecule has 0 radical (unpaired) electrons. The molecule has 0 unspecified atom stereocenters. The Morgan fingerprint density at radius 1 is 0.938 bits per heavy atom. The number of nitrogens with zero attached hydrogens (tertiary/aromatic N) is 2. The van der Waals surface area contributed by atoms with E-state index in [4.69, 9.17) is 0 Å². The van der Waals surface area contributed by atoms with Crippen molar-refractivity contribution in [2.75, 3.05) is 38.5 Å². The van der Waals surface area contributed by atoms with Crippen molar-refractivity contribution in [3.05, 3.63) is 0 Å². The Morgan fingerprint density at radius 3 is 1.81 bits per heavy atom. The van der Waals surface area contributed by atoms with Gasteiger partial charge in [0.2, 0.25) is 0 Å². The van der Waals surface area contributed by atoms with Gasteiger partial charge in [0.15, 0.2) is 0 Å². The second-order valence-electron chi connectivity index (χ2n) is 6.79. The van der Waals surface area contributed by atoms with E-state index in [-0.39, 0.29) is 5.54 Å². The minimum Gasteiger partial charge on any atom is -0.300 e. The average molecular weight is 244 g/mol. The van der Waals surface area contributed by atoms with Gasteiger partial charge in [0, 0.05) is 44.0 Å². The molecule has 0 atom stereocenters. The molecule has 0 bridgehead atoms. The minimum absolute atomic E-state index is 0.247. The Labute approximate surface area is 107 Å². The van der Waals surface area contributed by atoms with Gasteiger partial charge in [-0.2, -0.15) is 12.6 Å². The van der Waals surface area contributed by atoms with Crippen LogP contribution >= 0.6 is 12.6 Å². The van der Waals surface area contributed by atoms with Gasteiger partial charge < -0.3 is 4.90 Å². The van der Waals surface area contributed by atoms with E-state index in [0.29, 0.717) is 5.41 Å². The summed E-state index contributed by atoms with van der Waals surface area (Å²) in [5.74, 6) is 0.937. The fourth-order valence-electron chi connectivity index (χ4n) is 2.28. The molecular formula is C13H28N2S. The second-order valence-corrected chi connectivity index (χ2v) is 7.11. The Balaban J connectivity index is 2.40. The lowest BCUT2D eigenvalue weighted by atomic mass is 9.95. The number of hydrogen-bond donors (Lipinski definition) is 1. The maximum atomic E-state index is 4.45. The predicted octanol–water partition coefficient (Wildman–Crippen LogP) is 2.36. The summed E-state index contributed by atoms with van der Waals surface area (Å²) in [7, 11) is 0. The van der Waals surface area contributed by atoms with Crippen molar-refractivity contribution < 1.29 is 0 Å². The SMILES string of the molecule is CC(C)(C)CN1CCN(C(C)(C)CS)CC1. The van der Waals surface area contributed by atoms with Crippen LogP contribution in [-0.4, -0.2) is 53.8 Å². The zero-order valence-corrected chi connectivity index (χ0v) is 12.5. The molecule has 0 aromatic carbocycles. The fourth-order valence-corrected chi connectivity index (χ4v) is 2.48. The zero-order valence-electron chi connectivity index (χ0n) is 11.6. The predicted molar refractivity (Wildman–Crippen MR) is 75.4 cm³/mol. The monoisotopic (exact) mass is 244 g/mol. The molecule has 1 heterocycles. The van der Waals surface area contributed by atoms with Crippen molar-refractivity contribution in [3.8, 4) is 0 Å². The summed E-state index contributed by atoms with van der Waals surface area (Å²) in [6, 6.07) is 0. The maximum absolute atomic E-state index is 4.45. The number of hydrogen-bond acceptors (Lipinski definition) is 3. The molecule has 3 heteroatoms. The molecule has 1 fully saturated rings. The van der Waals surface area contributed by atoms with E-state index >= 15 is 0 Å². The summed E-state index contributed by atoms with van der Waals surface area (Å²) in [5.41, 5.74) is 0.665. The average Bonchev–Trinajstić information content (AvgIpc) is 2.16. The quantitative estimate of drug-likeness (QED) is 0.762. The van der Waals surface area contributed by atoms with Gasteiger partial charge in [-0.3, -0.25) is 4.90 Å². The highest BCUT2D eigenvalue weighted by atomic mass is 32.1. The van der Waals surface area contributed by atoms with Crippen LogP contribution in [-0.2, 0) is 0 Å². The van der Waals surface area contributed by atoms with Gasteiger partial charge in [-0.25, -0.2) is 0 Å². The Bertz CT molecular complexity index is 212. The first-order valence-electron chi connectivity index (χ1n) is 6.33. The first-order chi connectivity index (χ1) is 7.24. The molecule has 0 N–H and O–H groups in total. The number of piperazine rings is 1. The third kappa shape index (κ3) is 4.27. The minimum atomic E-state index is 0.247. The Morgan fingerprint density at radius 2 is 1.44 bits per heavy atom. The van der Waals surface area contributed by atoms with Crippen molar-refractivity contribution >= 4 is 12.6 Å². The summed E-state index contributed by atoms with van der Waals surface area (Å²) < 4.78 is 0. The zero-order chi connectivity index (χ0) is 12.4. The van der Waals surface area contributed by atoms with Crippen LogP contribution in [0.15, 0.2) is 0 Å². The highest BCUT2D eigenvalue weighted by molar-refractivity contribution is 7.80. The van der Waals surface area contributed by atoms with Crippen LogP contribution in [0.25, 0.3) is 0 Å². The van der Waals surface area contributed by atoms with Crippen LogP contribution in [0.2, 0.25) is 0 Å². The molecule has 1 aliphatic rings. The lowest BCUT2D eigenvalue weighted by Crippen LogP contribution is -2.56. The standard InChI is InChI=1S/C13H28N2S/c1-12(2,3)10-14-6-8-15(9-7-14)13(4,5)11-16/h16H,6-11H2,1-5H3. The molecule has 16 heavy (non-hydrogen) atoms. The van der Waals surface area contributed by atoms with Gasteiger partial charge in [0.05, 0.1) is 0 Å². The second kappa shape index (κ2) is 5.28. The van der Waals surface area contributed by atoms with Crippen LogP contribution in [0.3, 0.4) is 0 Å². The smallest absolute Gasteiger partial charge is 0.0242 e. The third-order valence-electron chi connectivity index (χ3n) is 3.31. The summed E-state index contributed by atoms with van der Waals surface area (Å²) in [4.78, 5) is 5.16. The van der Waals surface area contributed by atoms with E-state index in [1.165, 1.54) is 32.7 Å². The van der Waals surface area contributed by atoms with Gasteiger partial charge in [-0.1, -0.05) is 20.8 Å². The number of thiol groups is 1. The van der Waals surface area contributed by atoms with Gasteiger partial charge in [-0.15, -0.1) is 0 Å². The van der Waals surface area contributed by atoms with Crippen molar-refractivity contribution in [3.63, 3.8) is 0 Å². The van der Waals surface area contributed by atoms with Gasteiger partial charge in [0.1, 0.15) is 0 Å². The highest BCUT2D eigenvalue weighted by Gasteiger charge is 2.29. The maximum Gasteiger partial charge on any atom is 0.0242 e. The molecule has 1 saturated heterocycles. The van der Waals surface area contributed by atoms with Crippen LogP contribution < -0.4 is 0 Å². The molecule has 0 aromatic heterocycles. The van der Waals surface area contributed by atoms with E-state index < -0.39 is 0 Å². The van der Waals surface area contributed by atoms with Gasteiger partial charge in [-0.05, 0) is 19.3 Å². The molecule has 96 valence electrons. The summed E-state index contributed by atoms with van der Waals surface area (Å²) in [6.45, 7) is 17.5. The van der Waals surface area contributed by atoms with Crippen LogP contribution in [0, 0.1) is 5.41 Å². The van der Waals surface area contributed by atoms with Crippen molar-refractivity contribution in [2.45, 2.75) is 40.2 Å². The topological polar surface area (TPSA) is 6.48 Å². The molecule has 0 aliphatic carbocycles. The third-order valence-corrected chi connectivity index (χ3v) is 4.09. The van der Waals surface area contributed by atoms with E-state index in [1.54, 1.807) is 0 Å². The molecule has 2 nitrogen and oxygen atoms in total. The molecular weight excluding hydrogens is 216 g/mol. The summed E-state index contributed by atoms with van der Waals surface area (Å²) in [5, 5.41) is 0. The summed E-state index contributed by atoms with van der Waals surface area (Å²) >= 11 is 4.45. The number of rotatable bonds is 3. The normalized spacial score (nSPS) is 21.4. The van der Waals surface area contributed by atoms with Gasteiger partial charge in [0.25, 0.3) is 0 Å². The molecule has 1 aliphatic heterocycles. The van der Waals surface area contributed by atoms with E-state index in [9.17, 15) is 0 Å². The van der Waals surface area contributed by atoms with Crippen molar-refractivity contribution in [1.82, 2.24) is 9.80 Å². The molecule has 0 amide bonds. The Kier molecular flexibility index (Phi) is 4.73. The molecule has 1 rings (SSSR count). The van der Waals surface area contributed by atoms with Crippen LogP contribution in [0.5, 0.6) is 0 Å². The van der Waals surface area contributed by atoms with Gasteiger partial charge >= 0.3 is 0 Å². The first-order valence-corrected chi connectivity index (χ1v) is 6.96. The fraction of sp³-hybridized carbons (Fsp3) is 1.00. The largest absolute Gasteiger partial charge is 0.300 e. The molecule has 0 spiro atoms. The van der Waals surface area contributed by atoms with Crippen LogP contribution in [0.1, 0.15) is 34.6 Å². The van der Waals surface area contributed by atoms with E-state index in [0.717, 1.165) is 5.75 Å². The first kappa shape index (κ1) is 14.3. The lowest BCUT2D eigenvalue weighted by Gasteiger charge is -2.44. The van der Waals surface area contributed by atoms with E-state index in [2.05, 4.69) is 57.0 Å². The highest BCUT2D eigenvalue weighted by Crippen LogP contribution is 2.21. The van der Waals surface area contributed by atoms with Crippen molar-refractivity contribution in [1.29, 1.82) is 0 Å². The van der Waals surface area contributed by atoms with E-state index in [1.807, 2.05) is 0 Å². The lowest BCUT2D eigenvalue weighted by molar-refractivity contribution is 0.0503. The summed E-state index contributed by atoms with van der Waals surface area (Å²) in [6.07, 6.45) is 0.